The average molecular weight is 271 g/mol. The van der Waals surface area contributed by atoms with E-state index < -0.39 is 11.7 Å². The van der Waals surface area contributed by atoms with Crippen LogP contribution in [-0.4, -0.2) is 10.1 Å². The summed E-state index contributed by atoms with van der Waals surface area (Å²) < 4.78 is 42.6. The van der Waals surface area contributed by atoms with Crippen LogP contribution in [0.25, 0.3) is 0 Å². The van der Waals surface area contributed by atoms with E-state index in [4.69, 9.17) is 4.52 Å². The Morgan fingerprint density at radius 2 is 2.00 bits per heavy atom. The van der Waals surface area contributed by atoms with Crippen molar-refractivity contribution in [3.05, 3.63) is 41.0 Å². The third-order valence-corrected chi connectivity index (χ3v) is 2.57. The molecule has 0 spiro atoms. The van der Waals surface area contributed by atoms with E-state index in [1.165, 1.54) is 6.07 Å². The highest BCUT2D eigenvalue weighted by Gasteiger charge is 2.30. The summed E-state index contributed by atoms with van der Waals surface area (Å²) in [4.78, 5) is 3.96. The van der Waals surface area contributed by atoms with Crippen LogP contribution in [-0.2, 0) is 12.7 Å². The molecule has 0 saturated heterocycles. The summed E-state index contributed by atoms with van der Waals surface area (Å²) >= 11 is 0. The highest BCUT2D eigenvalue weighted by molar-refractivity contribution is 5.53. The molecule has 0 amide bonds. The molecule has 2 rings (SSSR count). The third kappa shape index (κ3) is 3.24. The van der Waals surface area contributed by atoms with E-state index in [1.54, 1.807) is 13.8 Å². The first-order valence-electron chi connectivity index (χ1n) is 5.57. The quantitative estimate of drug-likeness (QED) is 0.930. The van der Waals surface area contributed by atoms with Gasteiger partial charge in [-0.3, -0.25) is 0 Å². The first-order chi connectivity index (χ1) is 8.86. The van der Waals surface area contributed by atoms with Crippen molar-refractivity contribution < 1.29 is 17.7 Å². The maximum Gasteiger partial charge on any atom is 0.416 e. The van der Waals surface area contributed by atoms with E-state index in [0.717, 1.165) is 12.1 Å². The van der Waals surface area contributed by atoms with Gasteiger partial charge in [0.15, 0.2) is 5.82 Å². The third-order valence-electron chi connectivity index (χ3n) is 2.57. The molecular formula is C12H12F3N3O. The summed E-state index contributed by atoms with van der Waals surface area (Å²) in [5.41, 5.74) is 0.426. The van der Waals surface area contributed by atoms with Gasteiger partial charge in [-0.2, -0.15) is 18.2 Å². The fourth-order valence-electron chi connectivity index (χ4n) is 1.58. The fourth-order valence-corrected chi connectivity index (χ4v) is 1.58. The molecule has 0 fully saturated rings. The van der Waals surface area contributed by atoms with E-state index in [0.29, 0.717) is 23.0 Å². The van der Waals surface area contributed by atoms with Crippen molar-refractivity contribution >= 4 is 5.69 Å². The Morgan fingerprint density at radius 1 is 1.26 bits per heavy atom. The lowest BCUT2D eigenvalue weighted by atomic mass is 10.1. The van der Waals surface area contributed by atoms with Gasteiger partial charge in [0.05, 0.1) is 12.1 Å². The molecule has 1 aromatic carbocycles. The van der Waals surface area contributed by atoms with Gasteiger partial charge >= 0.3 is 6.18 Å². The Labute approximate surface area is 107 Å². The monoisotopic (exact) mass is 271 g/mol. The van der Waals surface area contributed by atoms with Gasteiger partial charge < -0.3 is 9.84 Å². The molecule has 0 aliphatic heterocycles. The van der Waals surface area contributed by atoms with Crippen LogP contribution in [0.3, 0.4) is 0 Å². The van der Waals surface area contributed by atoms with Crippen molar-refractivity contribution in [3.8, 4) is 0 Å². The predicted molar refractivity (Wildman–Crippen MR) is 62.5 cm³/mol. The second-order valence-corrected chi connectivity index (χ2v) is 4.11. The number of aromatic nitrogens is 2. The van der Waals surface area contributed by atoms with Gasteiger partial charge in [0.25, 0.3) is 0 Å². The minimum atomic E-state index is -4.35. The summed E-state index contributed by atoms with van der Waals surface area (Å²) in [7, 11) is 0. The van der Waals surface area contributed by atoms with Gasteiger partial charge in [-0.15, -0.1) is 0 Å². The van der Waals surface area contributed by atoms with Crippen LogP contribution in [0, 0.1) is 13.8 Å². The van der Waals surface area contributed by atoms with E-state index in [-0.39, 0.29) is 6.54 Å². The highest BCUT2D eigenvalue weighted by Crippen LogP contribution is 2.32. The number of benzene rings is 1. The van der Waals surface area contributed by atoms with Crippen molar-refractivity contribution in [2.75, 3.05) is 5.32 Å². The van der Waals surface area contributed by atoms with E-state index >= 15 is 0 Å². The minimum Gasteiger partial charge on any atom is -0.377 e. The maximum absolute atomic E-state index is 12.6. The summed E-state index contributed by atoms with van der Waals surface area (Å²) in [6, 6.07) is 3.55. The van der Waals surface area contributed by atoms with Crippen molar-refractivity contribution in [1.82, 2.24) is 10.1 Å². The molecule has 0 aliphatic carbocycles. The number of alkyl halides is 3. The molecule has 1 N–H and O–H groups in total. The van der Waals surface area contributed by atoms with Crippen LogP contribution >= 0.6 is 0 Å². The lowest BCUT2D eigenvalue weighted by Crippen LogP contribution is -2.08. The number of hydrogen-bond donors (Lipinski definition) is 1. The molecule has 102 valence electrons. The Bertz CT molecular complexity index is 578. The maximum atomic E-state index is 12.6. The Morgan fingerprint density at radius 3 is 2.58 bits per heavy atom. The summed E-state index contributed by atoms with van der Waals surface area (Å²) in [6.07, 6.45) is -4.35. The van der Waals surface area contributed by atoms with Gasteiger partial charge in [0, 0.05) is 12.6 Å². The first kappa shape index (κ1) is 13.4. The molecule has 1 aromatic heterocycles. The van der Waals surface area contributed by atoms with Crippen molar-refractivity contribution in [2.45, 2.75) is 26.6 Å². The molecular weight excluding hydrogens is 259 g/mol. The lowest BCUT2D eigenvalue weighted by molar-refractivity contribution is -0.137. The van der Waals surface area contributed by atoms with Gasteiger partial charge in [0.2, 0.25) is 5.89 Å². The number of halogens is 3. The lowest BCUT2D eigenvalue weighted by Gasteiger charge is -2.12. The Hall–Kier alpha value is -2.05. The molecule has 1 heterocycles. The number of nitrogens with zero attached hydrogens (tertiary/aromatic N) is 2. The zero-order valence-electron chi connectivity index (χ0n) is 10.4. The SMILES string of the molecule is Cc1nc(CNc2cc(C(F)(F)F)ccc2C)no1. The van der Waals surface area contributed by atoms with Crippen LogP contribution in [0.15, 0.2) is 22.7 Å². The Kier molecular flexibility index (Phi) is 3.46. The van der Waals surface area contributed by atoms with Crippen molar-refractivity contribution in [3.63, 3.8) is 0 Å². The van der Waals surface area contributed by atoms with E-state index in [2.05, 4.69) is 15.5 Å². The summed E-state index contributed by atoms with van der Waals surface area (Å²) in [5.74, 6) is 0.812. The van der Waals surface area contributed by atoms with Gasteiger partial charge in [-0.05, 0) is 24.6 Å². The van der Waals surface area contributed by atoms with E-state index in [1.807, 2.05) is 0 Å². The molecule has 0 bridgehead atoms. The van der Waals surface area contributed by atoms with Crippen LogP contribution in [0.5, 0.6) is 0 Å². The minimum absolute atomic E-state index is 0.208. The van der Waals surface area contributed by atoms with Crippen LogP contribution in [0.1, 0.15) is 22.8 Å². The standard InChI is InChI=1S/C12H12F3N3O/c1-7-3-4-9(12(13,14)15)5-10(7)16-6-11-17-8(2)19-18-11/h3-5,16H,6H2,1-2H3. The normalized spacial score (nSPS) is 11.6. The van der Waals surface area contributed by atoms with Crippen LogP contribution < -0.4 is 5.32 Å². The molecule has 0 saturated carbocycles. The van der Waals surface area contributed by atoms with Crippen LogP contribution in [0.4, 0.5) is 18.9 Å². The van der Waals surface area contributed by atoms with Gasteiger partial charge in [-0.25, -0.2) is 0 Å². The average Bonchev–Trinajstić information content (AvgIpc) is 2.72. The van der Waals surface area contributed by atoms with E-state index in [9.17, 15) is 13.2 Å². The molecule has 7 heteroatoms. The number of aryl methyl sites for hydroxylation is 2. The smallest absolute Gasteiger partial charge is 0.377 e. The zero-order chi connectivity index (χ0) is 14.0. The second-order valence-electron chi connectivity index (χ2n) is 4.11. The number of anilines is 1. The molecule has 0 atom stereocenters. The molecule has 0 unspecified atom stereocenters. The number of hydrogen-bond acceptors (Lipinski definition) is 4. The molecule has 0 aliphatic rings. The van der Waals surface area contributed by atoms with Crippen LogP contribution in [0.2, 0.25) is 0 Å². The largest absolute Gasteiger partial charge is 0.416 e. The Balaban J connectivity index is 2.15. The molecule has 0 radical (unpaired) electrons. The first-order valence-corrected chi connectivity index (χ1v) is 5.57. The van der Waals surface area contributed by atoms with Gasteiger partial charge in [-0.1, -0.05) is 11.2 Å². The van der Waals surface area contributed by atoms with Crippen molar-refractivity contribution in [1.29, 1.82) is 0 Å². The molecule has 2 aromatic rings. The summed E-state index contributed by atoms with van der Waals surface area (Å²) in [6.45, 7) is 3.58. The fraction of sp³-hybridized carbons (Fsp3) is 0.333. The molecule has 19 heavy (non-hydrogen) atoms. The number of nitrogens with one attached hydrogen (secondary N) is 1. The van der Waals surface area contributed by atoms with Gasteiger partial charge in [0.1, 0.15) is 0 Å². The number of rotatable bonds is 3. The van der Waals surface area contributed by atoms with Crippen molar-refractivity contribution in [2.24, 2.45) is 0 Å². The predicted octanol–water partition coefficient (Wildman–Crippen LogP) is 3.32. The zero-order valence-corrected chi connectivity index (χ0v) is 10.4. The molecule has 4 nitrogen and oxygen atoms in total. The topological polar surface area (TPSA) is 51.0 Å². The highest BCUT2D eigenvalue weighted by atomic mass is 19.4. The second kappa shape index (κ2) is 4.91. The summed E-state index contributed by atoms with van der Waals surface area (Å²) in [5, 5.41) is 6.53.